The number of hydrogen-bond donors (Lipinski definition) is 0. The first-order chi connectivity index (χ1) is 8.68. The molecule has 0 heterocycles. The Kier molecular flexibility index (Phi) is 5.92. The molecule has 0 aromatic rings. The van der Waals surface area contributed by atoms with Crippen LogP contribution < -0.4 is 0 Å². The van der Waals surface area contributed by atoms with Gasteiger partial charge in [-0.1, -0.05) is 58.9 Å². The summed E-state index contributed by atoms with van der Waals surface area (Å²) in [6, 6.07) is 0. The minimum Gasteiger partial charge on any atom is -0.107 e. The molecule has 2 unspecified atom stereocenters. The molecule has 0 rings (SSSR count). The SMILES string of the molecule is C=C[Si](C)([Si](C)(C)C)[Si](C)(C=C)[Si](C)(C=C)[Si](C)(C)C. The highest BCUT2D eigenvalue weighted by Gasteiger charge is 2.63. The van der Waals surface area contributed by atoms with Gasteiger partial charge in [0.2, 0.25) is 0 Å². The van der Waals surface area contributed by atoms with E-state index in [1.54, 1.807) is 0 Å². The smallest absolute Gasteiger partial charge is 0.0658 e. The zero-order valence-electron chi connectivity index (χ0n) is 15.4. The third kappa shape index (κ3) is 2.67. The lowest BCUT2D eigenvalue weighted by Crippen LogP contribution is -2.85. The molecular weight excluding hydrogens is 321 g/mol. The lowest BCUT2D eigenvalue weighted by atomic mass is 11.3. The molecule has 0 radical (unpaired) electrons. The summed E-state index contributed by atoms with van der Waals surface area (Å²) < 4.78 is 0. The Bertz CT molecular complexity index is 369. The second-order valence-electron chi connectivity index (χ2n) is 8.72. The molecule has 0 aliphatic heterocycles. The molecule has 116 valence electrons. The zero-order valence-corrected chi connectivity index (χ0v) is 20.4. The van der Waals surface area contributed by atoms with Crippen molar-refractivity contribution in [3.8, 4) is 0 Å². The van der Waals surface area contributed by atoms with E-state index in [1.807, 2.05) is 0 Å². The van der Waals surface area contributed by atoms with Crippen molar-refractivity contribution in [3.05, 3.63) is 36.8 Å². The van der Waals surface area contributed by atoms with Crippen LogP contribution in [0.1, 0.15) is 0 Å². The molecule has 0 aromatic heterocycles. The Balaban J connectivity index is 6.55. The summed E-state index contributed by atoms with van der Waals surface area (Å²) in [7, 11) is -7.07. The third-order valence-electron chi connectivity index (χ3n) is 6.50. The summed E-state index contributed by atoms with van der Waals surface area (Å²) >= 11 is 0. The predicted octanol–water partition coefficient (Wildman–Crippen LogP) is 5.39. The van der Waals surface area contributed by atoms with Crippen molar-refractivity contribution in [2.45, 2.75) is 58.9 Å². The minimum absolute atomic E-state index is 1.25. The maximum atomic E-state index is 4.37. The van der Waals surface area contributed by atoms with Crippen molar-refractivity contribution < 1.29 is 0 Å². The van der Waals surface area contributed by atoms with Crippen LogP contribution in [0.25, 0.3) is 0 Å². The normalized spacial score (nSPS) is 22.1. The van der Waals surface area contributed by atoms with Crippen LogP contribution in [0.15, 0.2) is 36.8 Å². The summed E-state index contributed by atoms with van der Waals surface area (Å²) in [4.78, 5) is 0. The van der Waals surface area contributed by atoms with E-state index in [0.29, 0.717) is 0 Å². The largest absolute Gasteiger partial charge is 0.107 e. The van der Waals surface area contributed by atoms with E-state index in [9.17, 15) is 0 Å². The minimum atomic E-state index is -1.57. The summed E-state index contributed by atoms with van der Waals surface area (Å²) in [5.74, 6) is 0. The molecule has 0 spiro atoms. The third-order valence-corrected chi connectivity index (χ3v) is 91.5. The van der Waals surface area contributed by atoms with Crippen LogP contribution in [-0.2, 0) is 0 Å². The van der Waals surface area contributed by atoms with E-state index in [-0.39, 0.29) is 0 Å². The van der Waals surface area contributed by atoms with Crippen molar-refractivity contribution >= 4 is 36.5 Å². The molecule has 0 saturated heterocycles. The first kappa shape index (κ1) is 20.3. The Morgan fingerprint density at radius 1 is 0.450 bits per heavy atom. The van der Waals surface area contributed by atoms with Crippen molar-refractivity contribution in [2.75, 3.05) is 0 Å². The van der Waals surface area contributed by atoms with Crippen LogP contribution in [-0.4, -0.2) is 36.5 Å². The molecule has 0 bridgehead atoms. The Morgan fingerprint density at radius 3 is 0.750 bits per heavy atom. The summed E-state index contributed by atoms with van der Waals surface area (Å²) in [6.07, 6.45) is 0. The lowest BCUT2D eigenvalue weighted by molar-refractivity contribution is 1.77. The molecule has 0 aromatic carbocycles. The zero-order chi connectivity index (χ0) is 16.6. The van der Waals surface area contributed by atoms with Gasteiger partial charge in [-0.15, -0.1) is 36.8 Å². The van der Waals surface area contributed by atoms with Gasteiger partial charge >= 0.3 is 0 Å². The fraction of sp³-hybridized carbons (Fsp3) is 0.600. The Morgan fingerprint density at radius 2 is 0.650 bits per heavy atom. The molecule has 0 aliphatic rings. The molecule has 0 saturated carbocycles. The molecule has 0 aliphatic carbocycles. The van der Waals surface area contributed by atoms with Gasteiger partial charge in [-0.05, 0) is 0 Å². The molecule has 20 heavy (non-hydrogen) atoms. The standard InChI is InChI=1S/C15H36Si5/c1-13-18(10,16(4,5)6)20(12,15-3)19(11,14-2)17(7,8)9/h13-15H,1-3H2,4-12H3. The monoisotopic (exact) mass is 356 g/mol. The van der Waals surface area contributed by atoms with Gasteiger partial charge in [-0.2, -0.15) is 0 Å². The van der Waals surface area contributed by atoms with Gasteiger partial charge < -0.3 is 0 Å². The van der Waals surface area contributed by atoms with Gasteiger partial charge in [-0.25, -0.2) is 0 Å². The van der Waals surface area contributed by atoms with E-state index in [0.717, 1.165) is 0 Å². The molecule has 5 heteroatoms. The van der Waals surface area contributed by atoms with Crippen LogP contribution in [0.5, 0.6) is 0 Å². The molecule has 0 nitrogen and oxygen atoms in total. The molecule has 0 amide bonds. The van der Waals surface area contributed by atoms with E-state index in [4.69, 9.17) is 0 Å². The van der Waals surface area contributed by atoms with Gasteiger partial charge in [0.1, 0.15) is 0 Å². The van der Waals surface area contributed by atoms with Crippen molar-refractivity contribution in [1.29, 1.82) is 0 Å². The first-order valence-electron chi connectivity index (χ1n) is 7.59. The lowest BCUT2D eigenvalue weighted by Gasteiger charge is -2.58. The van der Waals surface area contributed by atoms with Gasteiger partial charge in [0.25, 0.3) is 0 Å². The van der Waals surface area contributed by atoms with Crippen molar-refractivity contribution in [3.63, 3.8) is 0 Å². The van der Waals surface area contributed by atoms with E-state index in [2.05, 4.69) is 95.8 Å². The molecule has 2 atom stereocenters. The maximum Gasteiger partial charge on any atom is 0.0658 e. The second kappa shape index (κ2) is 5.83. The van der Waals surface area contributed by atoms with Gasteiger partial charge in [0.15, 0.2) is 0 Å². The Hall–Kier alpha value is 0.304. The van der Waals surface area contributed by atoms with Crippen LogP contribution in [0, 0.1) is 0 Å². The average Bonchev–Trinajstić information content (AvgIpc) is 2.32. The molecule has 0 fully saturated rings. The molecule has 0 N–H and O–H groups in total. The van der Waals surface area contributed by atoms with E-state index in [1.165, 1.54) is 0 Å². The average molecular weight is 357 g/mol. The van der Waals surface area contributed by atoms with Crippen molar-refractivity contribution in [1.82, 2.24) is 0 Å². The second-order valence-corrected chi connectivity index (χ2v) is 58.4. The maximum absolute atomic E-state index is 4.37. The van der Waals surface area contributed by atoms with Gasteiger partial charge in [0.05, 0.1) is 21.3 Å². The quantitative estimate of drug-likeness (QED) is 0.537. The van der Waals surface area contributed by atoms with Gasteiger partial charge in [0, 0.05) is 15.2 Å². The van der Waals surface area contributed by atoms with Crippen LogP contribution >= 0.6 is 0 Å². The number of hydrogen-bond acceptors (Lipinski definition) is 0. The number of rotatable bonds is 7. The first-order valence-corrected chi connectivity index (χ1v) is 26.3. The van der Waals surface area contributed by atoms with Gasteiger partial charge in [-0.3, -0.25) is 0 Å². The van der Waals surface area contributed by atoms with E-state index >= 15 is 0 Å². The van der Waals surface area contributed by atoms with E-state index < -0.39 is 36.5 Å². The molecular formula is C15H36Si5. The van der Waals surface area contributed by atoms with Crippen LogP contribution in [0.2, 0.25) is 58.9 Å². The van der Waals surface area contributed by atoms with Crippen LogP contribution in [0.4, 0.5) is 0 Å². The predicted molar refractivity (Wildman–Crippen MR) is 112 cm³/mol. The Labute approximate surface area is 132 Å². The highest BCUT2D eigenvalue weighted by atomic mass is 29.9. The summed E-state index contributed by atoms with van der Waals surface area (Å²) in [5, 5.41) is 0. The summed E-state index contributed by atoms with van der Waals surface area (Å²) in [6.45, 7) is 36.2. The van der Waals surface area contributed by atoms with Crippen molar-refractivity contribution in [2.24, 2.45) is 0 Å². The highest BCUT2D eigenvalue weighted by Crippen LogP contribution is 2.40. The highest BCUT2D eigenvalue weighted by molar-refractivity contribution is 7.94. The van der Waals surface area contributed by atoms with Crippen LogP contribution in [0.3, 0.4) is 0 Å². The summed E-state index contributed by atoms with van der Waals surface area (Å²) in [5.41, 5.74) is 7.31. The topological polar surface area (TPSA) is 0 Å². The fourth-order valence-corrected chi connectivity index (χ4v) is 111. The fourth-order valence-electron chi connectivity index (χ4n) is 3.56.